The molecule has 0 saturated heterocycles. The number of aliphatic carboxylic acids is 1. The number of carboxylic acid groups (broad SMARTS) is 1. The van der Waals surface area contributed by atoms with Crippen molar-refractivity contribution in [2.24, 2.45) is 0 Å². The van der Waals surface area contributed by atoms with Gasteiger partial charge in [0.2, 0.25) is 0 Å². The van der Waals surface area contributed by atoms with Crippen molar-refractivity contribution in [1.29, 1.82) is 0 Å². The fourth-order valence-electron chi connectivity index (χ4n) is 2.36. The first-order valence-electron chi connectivity index (χ1n) is 6.68. The van der Waals surface area contributed by atoms with Crippen LogP contribution in [-0.2, 0) is 11.2 Å². The lowest BCUT2D eigenvalue weighted by molar-refractivity contribution is -0.138. The molecule has 0 saturated carbocycles. The Kier molecular flexibility index (Phi) is 5.24. The average Bonchev–Trinajstić information content (AvgIpc) is 2.67. The van der Waals surface area contributed by atoms with E-state index >= 15 is 0 Å². The highest BCUT2D eigenvalue weighted by Crippen LogP contribution is 2.25. The number of aromatic nitrogens is 2. The van der Waals surface area contributed by atoms with Crippen molar-refractivity contribution >= 4 is 17.7 Å². The van der Waals surface area contributed by atoms with Crippen LogP contribution in [-0.4, -0.2) is 45.4 Å². The molecule has 0 spiro atoms. The summed E-state index contributed by atoms with van der Waals surface area (Å²) in [6, 6.07) is -0.521. The van der Waals surface area contributed by atoms with E-state index < -0.39 is 17.8 Å². The third-order valence-electron chi connectivity index (χ3n) is 3.50. The molecular weight excluding hydrogens is 282 g/mol. The van der Waals surface area contributed by atoms with Gasteiger partial charge in [0.15, 0.2) is 5.82 Å². The summed E-state index contributed by atoms with van der Waals surface area (Å²) in [5.74, 6) is 0.609. The quantitative estimate of drug-likeness (QED) is 0.790. The van der Waals surface area contributed by atoms with Crippen LogP contribution < -0.4 is 11.1 Å². The number of hydrogen-bond acceptors (Lipinski definition) is 6. The smallest absolute Gasteiger partial charge is 0.441 e. The van der Waals surface area contributed by atoms with E-state index in [-0.39, 0.29) is 6.04 Å². The second kappa shape index (κ2) is 6.94. The highest BCUT2D eigenvalue weighted by molar-refractivity contribution is 7.99. The number of nitrogens with zero attached hydrogens (tertiary/aromatic N) is 2. The zero-order valence-electron chi connectivity index (χ0n) is 11.4. The van der Waals surface area contributed by atoms with E-state index in [2.05, 4.69) is 10.5 Å². The molecule has 1 aromatic rings. The van der Waals surface area contributed by atoms with Crippen LogP contribution in [0.15, 0.2) is 9.32 Å². The zero-order chi connectivity index (χ0) is 14.5. The Morgan fingerprint density at radius 2 is 2.45 bits per heavy atom. The predicted molar refractivity (Wildman–Crippen MR) is 75.2 cm³/mol. The van der Waals surface area contributed by atoms with Crippen LogP contribution in [0.25, 0.3) is 0 Å². The summed E-state index contributed by atoms with van der Waals surface area (Å²) in [6.07, 6.45) is 3.71. The number of nitrogens with one attached hydrogen (secondary N) is 1. The molecular formula is C12H19N3O4S. The molecule has 0 radical (unpaired) electrons. The Hall–Kier alpha value is -1.28. The van der Waals surface area contributed by atoms with Crippen molar-refractivity contribution in [3.05, 3.63) is 16.4 Å². The van der Waals surface area contributed by atoms with Gasteiger partial charge < -0.3 is 10.4 Å². The first-order chi connectivity index (χ1) is 9.63. The molecule has 2 atom stereocenters. The van der Waals surface area contributed by atoms with Gasteiger partial charge in [0.05, 0.1) is 6.04 Å². The summed E-state index contributed by atoms with van der Waals surface area (Å²) in [6.45, 7) is 0. The lowest BCUT2D eigenvalue weighted by Gasteiger charge is -2.17. The molecule has 0 aliphatic carbocycles. The average molecular weight is 301 g/mol. The largest absolute Gasteiger partial charge is 0.480 e. The van der Waals surface area contributed by atoms with E-state index in [1.807, 2.05) is 0 Å². The maximum Gasteiger partial charge on any atom is 0.441 e. The summed E-state index contributed by atoms with van der Waals surface area (Å²) in [7, 11) is 1.63. The zero-order valence-corrected chi connectivity index (χ0v) is 12.2. The Labute approximate surface area is 120 Å². The molecule has 1 aliphatic heterocycles. The van der Waals surface area contributed by atoms with Crippen LogP contribution in [0.5, 0.6) is 0 Å². The van der Waals surface area contributed by atoms with Crippen molar-refractivity contribution in [1.82, 2.24) is 15.0 Å². The minimum absolute atomic E-state index is 0.0440. The highest BCUT2D eigenvalue weighted by Gasteiger charge is 2.24. The molecule has 0 aromatic carbocycles. The lowest BCUT2D eigenvalue weighted by atomic mass is 10.1. The topological polar surface area (TPSA) is 97.4 Å². The first kappa shape index (κ1) is 15.1. The van der Waals surface area contributed by atoms with Crippen molar-refractivity contribution < 1.29 is 14.4 Å². The van der Waals surface area contributed by atoms with Crippen molar-refractivity contribution in [3.8, 4) is 0 Å². The SMILES string of the molecule is CNC(CSCC1CCCCc2noc(=O)n21)C(=O)O. The normalized spacial score (nSPS) is 20.1. The Bertz CT molecular complexity index is 513. The molecule has 8 heteroatoms. The van der Waals surface area contributed by atoms with Gasteiger partial charge in [0.1, 0.15) is 6.04 Å². The van der Waals surface area contributed by atoms with Gasteiger partial charge in [-0.3, -0.25) is 13.9 Å². The summed E-state index contributed by atoms with van der Waals surface area (Å²) in [5.41, 5.74) is 0. The molecule has 2 rings (SSSR count). The molecule has 20 heavy (non-hydrogen) atoms. The lowest BCUT2D eigenvalue weighted by Crippen LogP contribution is -2.36. The van der Waals surface area contributed by atoms with E-state index in [4.69, 9.17) is 9.63 Å². The molecule has 7 nitrogen and oxygen atoms in total. The molecule has 0 bridgehead atoms. The van der Waals surface area contributed by atoms with Gasteiger partial charge >= 0.3 is 11.7 Å². The number of thioether (sulfide) groups is 1. The minimum atomic E-state index is -0.858. The van der Waals surface area contributed by atoms with Crippen LogP contribution in [0, 0.1) is 0 Å². The molecule has 0 amide bonds. The van der Waals surface area contributed by atoms with E-state index in [9.17, 15) is 9.59 Å². The molecule has 1 aromatic heterocycles. The van der Waals surface area contributed by atoms with Gasteiger partial charge in [-0.05, 0) is 19.9 Å². The molecule has 2 heterocycles. The van der Waals surface area contributed by atoms with Crippen LogP contribution in [0.1, 0.15) is 31.1 Å². The number of carboxylic acids is 1. The summed E-state index contributed by atoms with van der Waals surface area (Å²) in [4.78, 5) is 22.6. The fraction of sp³-hybridized carbons (Fsp3) is 0.750. The summed E-state index contributed by atoms with van der Waals surface area (Å²) in [5, 5.41) is 15.5. The Morgan fingerprint density at radius 3 is 3.15 bits per heavy atom. The Balaban J connectivity index is 1.97. The van der Waals surface area contributed by atoms with Gasteiger partial charge in [-0.25, -0.2) is 4.79 Å². The maximum absolute atomic E-state index is 11.7. The number of hydrogen-bond donors (Lipinski definition) is 2. The number of likely N-dealkylation sites (N-methyl/N-ethyl adjacent to an activating group) is 1. The van der Waals surface area contributed by atoms with Crippen LogP contribution >= 0.6 is 11.8 Å². The number of aryl methyl sites for hydroxylation is 1. The first-order valence-corrected chi connectivity index (χ1v) is 7.84. The van der Waals surface area contributed by atoms with Crippen LogP contribution in [0.2, 0.25) is 0 Å². The van der Waals surface area contributed by atoms with E-state index in [1.54, 1.807) is 11.6 Å². The fourth-order valence-corrected chi connectivity index (χ4v) is 3.63. The monoisotopic (exact) mass is 301 g/mol. The van der Waals surface area contributed by atoms with E-state index in [1.165, 1.54) is 11.8 Å². The number of fused-ring (bicyclic) bond motifs is 1. The van der Waals surface area contributed by atoms with Crippen molar-refractivity contribution in [2.45, 2.75) is 37.8 Å². The van der Waals surface area contributed by atoms with Gasteiger partial charge in [-0.15, -0.1) is 0 Å². The van der Waals surface area contributed by atoms with Crippen LogP contribution in [0.4, 0.5) is 0 Å². The molecule has 0 fully saturated rings. The summed E-state index contributed by atoms with van der Waals surface area (Å²) >= 11 is 1.53. The van der Waals surface area contributed by atoms with Gasteiger partial charge in [0.25, 0.3) is 0 Å². The molecule has 112 valence electrons. The second-order valence-electron chi connectivity index (χ2n) is 4.85. The highest BCUT2D eigenvalue weighted by atomic mass is 32.2. The van der Waals surface area contributed by atoms with Crippen molar-refractivity contribution in [2.75, 3.05) is 18.6 Å². The minimum Gasteiger partial charge on any atom is -0.480 e. The third-order valence-corrected chi connectivity index (χ3v) is 4.69. The van der Waals surface area contributed by atoms with E-state index in [0.29, 0.717) is 17.3 Å². The Morgan fingerprint density at radius 1 is 1.65 bits per heavy atom. The third kappa shape index (κ3) is 3.43. The van der Waals surface area contributed by atoms with Gasteiger partial charge in [-0.2, -0.15) is 11.8 Å². The molecule has 1 aliphatic rings. The number of rotatable bonds is 6. The van der Waals surface area contributed by atoms with Gasteiger partial charge in [-0.1, -0.05) is 11.6 Å². The molecule has 2 unspecified atom stereocenters. The summed E-state index contributed by atoms with van der Waals surface area (Å²) < 4.78 is 6.37. The predicted octanol–water partition coefficient (Wildman–Crippen LogP) is 0.510. The van der Waals surface area contributed by atoms with E-state index in [0.717, 1.165) is 25.7 Å². The molecule has 2 N–H and O–H groups in total. The van der Waals surface area contributed by atoms with Crippen molar-refractivity contribution in [3.63, 3.8) is 0 Å². The number of carbonyl (C=O) groups is 1. The maximum atomic E-state index is 11.7. The second-order valence-corrected chi connectivity index (χ2v) is 5.93. The van der Waals surface area contributed by atoms with Gasteiger partial charge in [0, 0.05) is 17.9 Å². The van der Waals surface area contributed by atoms with Crippen LogP contribution in [0.3, 0.4) is 0 Å². The standard InChI is InChI=1S/C12H19N3O4S/c1-13-9(11(16)17)7-20-6-8-4-2-3-5-10-14-19-12(18)15(8)10/h8-9,13H,2-7H2,1H3,(H,16,17).